The van der Waals surface area contributed by atoms with Gasteiger partial charge in [0.25, 0.3) is 0 Å². The van der Waals surface area contributed by atoms with E-state index in [1.54, 1.807) is 6.92 Å². The minimum absolute atomic E-state index is 0.127. The second kappa shape index (κ2) is 6.91. The molecule has 5 nitrogen and oxygen atoms in total. The highest BCUT2D eigenvalue weighted by Gasteiger charge is 2.27. The molecule has 116 valence electrons. The van der Waals surface area contributed by atoms with Gasteiger partial charge in [0, 0.05) is 12.1 Å². The molecule has 0 spiro atoms. The Morgan fingerprint density at radius 1 is 1.48 bits per heavy atom. The molecule has 21 heavy (non-hydrogen) atoms. The normalized spacial score (nSPS) is 20.8. The molecule has 0 aromatic heterocycles. The van der Waals surface area contributed by atoms with Crippen molar-refractivity contribution in [3.05, 3.63) is 24.3 Å². The van der Waals surface area contributed by atoms with Gasteiger partial charge in [0.05, 0.1) is 18.8 Å². The van der Waals surface area contributed by atoms with Gasteiger partial charge in [-0.25, -0.2) is 0 Å². The van der Waals surface area contributed by atoms with Crippen molar-refractivity contribution in [3.63, 3.8) is 0 Å². The highest BCUT2D eigenvalue weighted by molar-refractivity contribution is 5.97. The fourth-order valence-electron chi connectivity index (χ4n) is 2.32. The molecule has 0 saturated carbocycles. The van der Waals surface area contributed by atoms with Crippen molar-refractivity contribution in [1.29, 1.82) is 0 Å². The van der Waals surface area contributed by atoms with Crippen LogP contribution in [0.3, 0.4) is 0 Å². The smallest absolute Gasteiger partial charge is 0.244 e. The minimum Gasteiger partial charge on any atom is -0.488 e. The van der Waals surface area contributed by atoms with Crippen LogP contribution in [0.25, 0.3) is 0 Å². The number of amides is 1. The van der Waals surface area contributed by atoms with Gasteiger partial charge in [-0.3, -0.25) is 4.79 Å². The second-order valence-electron chi connectivity index (χ2n) is 5.75. The fraction of sp³-hybridized carbons (Fsp3) is 0.562. The van der Waals surface area contributed by atoms with E-state index in [0.717, 1.165) is 30.9 Å². The molecule has 0 radical (unpaired) electrons. The van der Waals surface area contributed by atoms with Crippen LogP contribution < -0.4 is 15.8 Å². The molecule has 1 aromatic carbocycles. The Morgan fingerprint density at radius 3 is 2.76 bits per heavy atom. The van der Waals surface area contributed by atoms with E-state index in [1.165, 1.54) is 0 Å². The van der Waals surface area contributed by atoms with Gasteiger partial charge in [-0.15, -0.1) is 0 Å². The van der Waals surface area contributed by atoms with Crippen molar-refractivity contribution < 1.29 is 14.3 Å². The largest absolute Gasteiger partial charge is 0.488 e. The van der Waals surface area contributed by atoms with E-state index in [4.69, 9.17) is 15.2 Å². The summed E-state index contributed by atoms with van der Waals surface area (Å²) < 4.78 is 11.0. The lowest BCUT2D eigenvalue weighted by Crippen LogP contribution is -2.48. The first-order valence-corrected chi connectivity index (χ1v) is 7.46. The van der Waals surface area contributed by atoms with Crippen LogP contribution in [0.5, 0.6) is 5.75 Å². The monoisotopic (exact) mass is 292 g/mol. The Labute approximate surface area is 125 Å². The lowest BCUT2D eigenvalue weighted by atomic mass is 9.96. The minimum atomic E-state index is -0.842. The lowest BCUT2D eigenvalue weighted by molar-refractivity contribution is -0.120. The number of carbonyl (C=O) groups is 1. The predicted molar refractivity (Wildman–Crippen MR) is 82.4 cm³/mol. The third kappa shape index (κ3) is 4.44. The zero-order chi connectivity index (χ0) is 15.3. The van der Waals surface area contributed by atoms with Crippen LogP contribution in [0, 0.1) is 0 Å². The number of nitrogens with two attached hydrogens (primary N) is 1. The number of hydrogen-bond donors (Lipinski definition) is 2. The maximum atomic E-state index is 12.1. The first-order chi connectivity index (χ1) is 10.0. The Hall–Kier alpha value is -1.59. The van der Waals surface area contributed by atoms with Crippen molar-refractivity contribution in [3.8, 4) is 5.75 Å². The highest BCUT2D eigenvalue weighted by atomic mass is 16.5. The van der Waals surface area contributed by atoms with Crippen LogP contribution in [-0.2, 0) is 9.53 Å². The molecule has 1 heterocycles. The quantitative estimate of drug-likeness (QED) is 0.844. The SMILES string of the molecule is CCCC(C)(N)C(=O)Nc1ccc(OC2CCOC2)cc1. The molecular weight excluding hydrogens is 268 g/mol. The summed E-state index contributed by atoms with van der Waals surface area (Å²) >= 11 is 0. The van der Waals surface area contributed by atoms with Crippen molar-refractivity contribution in [2.45, 2.75) is 44.8 Å². The summed E-state index contributed by atoms with van der Waals surface area (Å²) in [6, 6.07) is 7.35. The summed E-state index contributed by atoms with van der Waals surface area (Å²) in [6.45, 7) is 5.16. The standard InChI is InChI=1S/C16H24N2O3/c1-3-9-16(2,17)15(19)18-12-4-6-13(7-5-12)21-14-8-10-20-11-14/h4-7,14H,3,8-11,17H2,1-2H3,(H,18,19). The third-order valence-electron chi connectivity index (χ3n) is 3.59. The molecule has 2 rings (SSSR count). The summed E-state index contributed by atoms with van der Waals surface area (Å²) in [5, 5.41) is 2.84. The van der Waals surface area contributed by atoms with Crippen molar-refractivity contribution in [1.82, 2.24) is 0 Å². The van der Waals surface area contributed by atoms with E-state index in [0.29, 0.717) is 13.0 Å². The second-order valence-corrected chi connectivity index (χ2v) is 5.75. The summed E-state index contributed by atoms with van der Waals surface area (Å²) in [6.07, 6.45) is 2.57. The summed E-state index contributed by atoms with van der Waals surface area (Å²) in [7, 11) is 0. The molecule has 2 atom stereocenters. The summed E-state index contributed by atoms with van der Waals surface area (Å²) in [4.78, 5) is 12.1. The molecule has 5 heteroatoms. The van der Waals surface area contributed by atoms with Crippen molar-refractivity contribution >= 4 is 11.6 Å². The van der Waals surface area contributed by atoms with Crippen LogP contribution in [0.15, 0.2) is 24.3 Å². The van der Waals surface area contributed by atoms with E-state index in [1.807, 2.05) is 31.2 Å². The molecule has 1 aliphatic rings. The Bertz CT molecular complexity index is 465. The van der Waals surface area contributed by atoms with Crippen LogP contribution in [0.1, 0.15) is 33.1 Å². The van der Waals surface area contributed by atoms with Crippen LogP contribution in [0.2, 0.25) is 0 Å². The number of hydrogen-bond acceptors (Lipinski definition) is 4. The Morgan fingerprint density at radius 2 is 2.19 bits per heavy atom. The molecule has 1 saturated heterocycles. The number of rotatable bonds is 6. The molecule has 1 amide bonds. The number of ether oxygens (including phenoxy) is 2. The average Bonchev–Trinajstić information content (AvgIpc) is 2.94. The van der Waals surface area contributed by atoms with E-state index >= 15 is 0 Å². The number of anilines is 1. The number of carbonyl (C=O) groups excluding carboxylic acids is 1. The summed E-state index contributed by atoms with van der Waals surface area (Å²) in [5.74, 6) is 0.620. The lowest BCUT2D eigenvalue weighted by Gasteiger charge is -2.23. The molecule has 1 aromatic rings. The van der Waals surface area contributed by atoms with E-state index in [-0.39, 0.29) is 12.0 Å². The van der Waals surface area contributed by atoms with Crippen LogP contribution in [-0.4, -0.2) is 30.8 Å². The van der Waals surface area contributed by atoms with Gasteiger partial charge in [-0.05, 0) is 37.6 Å². The molecule has 1 aliphatic heterocycles. The van der Waals surface area contributed by atoms with Gasteiger partial charge in [-0.2, -0.15) is 0 Å². The maximum Gasteiger partial charge on any atom is 0.244 e. The van der Waals surface area contributed by atoms with Gasteiger partial charge in [0.1, 0.15) is 11.9 Å². The predicted octanol–water partition coefficient (Wildman–Crippen LogP) is 2.31. The fourth-order valence-corrected chi connectivity index (χ4v) is 2.32. The van der Waals surface area contributed by atoms with Gasteiger partial charge < -0.3 is 20.5 Å². The number of nitrogens with one attached hydrogen (secondary N) is 1. The highest BCUT2D eigenvalue weighted by Crippen LogP contribution is 2.20. The van der Waals surface area contributed by atoms with Crippen molar-refractivity contribution in [2.24, 2.45) is 5.73 Å². The maximum absolute atomic E-state index is 12.1. The molecular formula is C16H24N2O3. The van der Waals surface area contributed by atoms with Gasteiger partial charge in [0.2, 0.25) is 5.91 Å². The first-order valence-electron chi connectivity index (χ1n) is 7.46. The number of benzene rings is 1. The molecule has 1 fully saturated rings. The molecule has 0 aliphatic carbocycles. The topological polar surface area (TPSA) is 73.6 Å². The van der Waals surface area contributed by atoms with Gasteiger partial charge in [0.15, 0.2) is 0 Å². The van der Waals surface area contributed by atoms with E-state index in [2.05, 4.69) is 5.32 Å². The zero-order valence-electron chi connectivity index (χ0n) is 12.7. The Kier molecular flexibility index (Phi) is 5.20. The van der Waals surface area contributed by atoms with Crippen LogP contribution in [0.4, 0.5) is 5.69 Å². The van der Waals surface area contributed by atoms with Gasteiger partial charge in [-0.1, -0.05) is 13.3 Å². The van der Waals surface area contributed by atoms with E-state index in [9.17, 15) is 4.79 Å². The van der Waals surface area contributed by atoms with Crippen LogP contribution >= 0.6 is 0 Å². The Balaban J connectivity index is 1.91. The van der Waals surface area contributed by atoms with Gasteiger partial charge >= 0.3 is 0 Å². The first kappa shape index (κ1) is 15.8. The zero-order valence-corrected chi connectivity index (χ0v) is 12.7. The van der Waals surface area contributed by atoms with E-state index < -0.39 is 5.54 Å². The average molecular weight is 292 g/mol. The molecule has 0 bridgehead atoms. The third-order valence-corrected chi connectivity index (χ3v) is 3.59. The molecule has 2 unspecified atom stereocenters. The summed E-state index contributed by atoms with van der Waals surface area (Å²) in [5.41, 5.74) is 5.89. The van der Waals surface area contributed by atoms with Crippen molar-refractivity contribution in [2.75, 3.05) is 18.5 Å². The molecule has 3 N–H and O–H groups in total.